The molecule has 1 N–H and O–H groups in total. The molecule has 0 aliphatic carbocycles. The molecule has 138 valence electrons. The fourth-order valence-electron chi connectivity index (χ4n) is 2.36. The largest absolute Gasteiger partial charge is 0.454 e. The fourth-order valence-corrected chi connectivity index (χ4v) is 3.31. The van der Waals surface area contributed by atoms with Crippen LogP contribution in [0.15, 0.2) is 41.3 Å². The summed E-state index contributed by atoms with van der Waals surface area (Å²) in [7, 11) is -2.48. The summed E-state index contributed by atoms with van der Waals surface area (Å²) >= 11 is 5.96. The average Bonchev–Trinajstić information content (AvgIpc) is 2.59. The van der Waals surface area contributed by atoms with Crippen LogP contribution in [0, 0.1) is 13.8 Å². The van der Waals surface area contributed by atoms with Crippen LogP contribution >= 0.6 is 11.6 Å². The lowest BCUT2D eigenvalue weighted by atomic mass is 10.0. The van der Waals surface area contributed by atoms with E-state index >= 15 is 0 Å². The molecule has 0 spiro atoms. The number of esters is 1. The number of hydrogen-bond acceptors (Lipinski definition) is 5. The van der Waals surface area contributed by atoms with E-state index in [2.05, 4.69) is 4.72 Å². The van der Waals surface area contributed by atoms with E-state index in [-0.39, 0.29) is 21.3 Å². The Morgan fingerprint density at radius 1 is 1.08 bits per heavy atom. The second-order valence-electron chi connectivity index (χ2n) is 5.67. The number of ether oxygens (including phenoxy) is 1. The van der Waals surface area contributed by atoms with Gasteiger partial charge in [-0.05, 0) is 44.7 Å². The molecule has 2 aromatic carbocycles. The van der Waals surface area contributed by atoms with Gasteiger partial charge in [0.05, 0.1) is 15.5 Å². The van der Waals surface area contributed by atoms with Crippen molar-refractivity contribution in [1.82, 2.24) is 4.72 Å². The first-order chi connectivity index (χ1) is 12.2. The molecule has 0 atom stereocenters. The highest BCUT2D eigenvalue weighted by Crippen LogP contribution is 2.21. The number of rotatable bonds is 6. The maximum absolute atomic E-state index is 12.3. The van der Waals surface area contributed by atoms with Gasteiger partial charge in [0.15, 0.2) is 6.61 Å². The summed E-state index contributed by atoms with van der Waals surface area (Å²) in [5.41, 5.74) is 2.13. The van der Waals surface area contributed by atoms with E-state index in [0.717, 1.165) is 17.2 Å². The van der Waals surface area contributed by atoms with E-state index in [1.165, 1.54) is 19.2 Å². The number of hydrogen-bond donors (Lipinski definition) is 1. The Kier molecular flexibility index (Phi) is 6.17. The zero-order valence-electron chi connectivity index (χ0n) is 14.5. The van der Waals surface area contributed by atoms with E-state index in [9.17, 15) is 18.0 Å². The van der Waals surface area contributed by atoms with Crippen LogP contribution < -0.4 is 4.72 Å². The minimum atomic E-state index is -3.74. The molecule has 0 heterocycles. The van der Waals surface area contributed by atoms with Crippen molar-refractivity contribution < 1.29 is 22.7 Å². The molecule has 0 saturated heterocycles. The van der Waals surface area contributed by atoms with Crippen LogP contribution in [-0.4, -0.2) is 33.8 Å². The third-order valence-corrected chi connectivity index (χ3v) is 5.50. The third kappa shape index (κ3) is 4.49. The lowest BCUT2D eigenvalue weighted by molar-refractivity contribution is 0.0474. The topological polar surface area (TPSA) is 89.5 Å². The number of aryl methyl sites for hydroxylation is 2. The van der Waals surface area contributed by atoms with Crippen molar-refractivity contribution in [3.8, 4) is 0 Å². The van der Waals surface area contributed by atoms with Crippen LogP contribution in [0.4, 0.5) is 0 Å². The molecule has 0 saturated carbocycles. The molecule has 0 bridgehead atoms. The number of halogens is 1. The summed E-state index contributed by atoms with van der Waals surface area (Å²) in [5.74, 6) is -1.23. The first-order valence-corrected chi connectivity index (χ1v) is 9.52. The van der Waals surface area contributed by atoms with Gasteiger partial charge in [0.2, 0.25) is 15.8 Å². The van der Waals surface area contributed by atoms with Crippen molar-refractivity contribution in [3.05, 3.63) is 63.7 Å². The van der Waals surface area contributed by atoms with Crippen molar-refractivity contribution >= 4 is 33.4 Å². The molecule has 6 nitrogen and oxygen atoms in total. The molecule has 2 aromatic rings. The fraction of sp³-hybridized carbons (Fsp3) is 0.222. The average molecular weight is 396 g/mol. The maximum atomic E-state index is 12.3. The number of ketones is 1. The minimum absolute atomic E-state index is 0.0315. The SMILES string of the molecule is CNS(=O)(=O)c1ccc(Cl)c(C(=O)OCC(=O)c2ccc(C)cc2C)c1. The molecule has 0 unspecified atom stereocenters. The Hall–Kier alpha value is -2.22. The Balaban J connectivity index is 2.17. The predicted octanol–water partition coefficient (Wildman–Crippen LogP) is 2.90. The Morgan fingerprint density at radius 2 is 1.77 bits per heavy atom. The zero-order valence-corrected chi connectivity index (χ0v) is 16.1. The van der Waals surface area contributed by atoms with Gasteiger partial charge in [-0.25, -0.2) is 17.9 Å². The van der Waals surface area contributed by atoms with E-state index < -0.39 is 22.6 Å². The van der Waals surface area contributed by atoms with Gasteiger partial charge in [0.1, 0.15) is 0 Å². The second kappa shape index (κ2) is 7.99. The summed E-state index contributed by atoms with van der Waals surface area (Å²) in [6.07, 6.45) is 0. The van der Waals surface area contributed by atoms with E-state index in [1.54, 1.807) is 19.1 Å². The normalized spacial score (nSPS) is 11.2. The molecule has 0 radical (unpaired) electrons. The molecule has 2 rings (SSSR count). The molecular weight excluding hydrogens is 378 g/mol. The summed E-state index contributed by atoms with van der Waals surface area (Å²) in [5, 5.41) is 0.0315. The van der Waals surface area contributed by atoms with Crippen LogP contribution in [0.2, 0.25) is 5.02 Å². The smallest absolute Gasteiger partial charge is 0.340 e. The summed E-state index contributed by atoms with van der Waals surface area (Å²) in [4.78, 5) is 24.4. The van der Waals surface area contributed by atoms with E-state index in [0.29, 0.717) is 5.56 Å². The van der Waals surface area contributed by atoms with Gasteiger partial charge in [0.25, 0.3) is 0 Å². The first kappa shape index (κ1) is 20.1. The molecule has 0 aliphatic heterocycles. The first-order valence-electron chi connectivity index (χ1n) is 7.66. The Labute approximate surface area is 157 Å². The van der Waals surface area contributed by atoms with E-state index in [1.807, 2.05) is 13.0 Å². The van der Waals surface area contributed by atoms with Gasteiger partial charge in [-0.15, -0.1) is 0 Å². The van der Waals surface area contributed by atoms with Gasteiger partial charge >= 0.3 is 5.97 Å². The maximum Gasteiger partial charge on any atom is 0.340 e. The van der Waals surface area contributed by atoms with Crippen molar-refractivity contribution in [2.24, 2.45) is 0 Å². The van der Waals surface area contributed by atoms with Crippen molar-refractivity contribution in [2.45, 2.75) is 18.7 Å². The van der Waals surface area contributed by atoms with Crippen molar-refractivity contribution in [1.29, 1.82) is 0 Å². The predicted molar refractivity (Wildman–Crippen MR) is 98.2 cm³/mol. The Morgan fingerprint density at radius 3 is 2.38 bits per heavy atom. The zero-order chi connectivity index (χ0) is 19.5. The van der Waals surface area contributed by atoms with Crippen LogP contribution in [0.5, 0.6) is 0 Å². The number of nitrogens with one attached hydrogen (secondary N) is 1. The summed E-state index contributed by atoms with van der Waals surface area (Å²) in [6.45, 7) is 3.24. The summed E-state index contributed by atoms with van der Waals surface area (Å²) < 4.78 is 30.9. The highest BCUT2D eigenvalue weighted by molar-refractivity contribution is 7.89. The van der Waals surface area contributed by atoms with Gasteiger partial charge < -0.3 is 4.74 Å². The number of Topliss-reactive ketones (excluding diaryl/α,β-unsaturated/α-hetero) is 1. The van der Waals surface area contributed by atoms with Crippen LogP contribution in [0.3, 0.4) is 0 Å². The standard InChI is InChI=1S/C18H18ClNO5S/c1-11-4-6-14(12(2)8-11)17(21)10-25-18(22)15-9-13(5-7-16(15)19)26(23,24)20-3/h4-9,20H,10H2,1-3H3. The van der Waals surface area contributed by atoms with E-state index in [4.69, 9.17) is 16.3 Å². The van der Waals surface area contributed by atoms with Gasteiger partial charge in [0, 0.05) is 5.56 Å². The number of benzene rings is 2. The lowest BCUT2D eigenvalue weighted by Crippen LogP contribution is -2.20. The monoisotopic (exact) mass is 395 g/mol. The van der Waals surface area contributed by atoms with Crippen LogP contribution in [-0.2, 0) is 14.8 Å². The van der Waals surface area contributed by atoms with Gasteiger partial charge in [-0.3, -0.25) is 4.79 Å². The molecule has 0 aromatic heterocycles. The van der Waals surface area contributed by atoms with Crippen LogP contribution in [0.25, 0.3) is 0 Å². The molecule has 8 heteroatoms. The molecule has 0 amide bonds. The Bertz CT molecular complexity index is 970. The van der Waals surface area contributed by atoms with Crippen LogP contribution in [0.1, 0.15) is 31.8 Å². The van der Waals surface area contributed by atoms with Gasteiger partial charge in [-0.2, -0.15) is 0 Å². The lowest BCUT2D eigenvalue weighted by Gasteiger charge is -2.09. The molecular formula is C18H18ClNO5S. The molecule has 0 fully saturated rings. The number of carbonyl (C=O) groups excluding carboxylic acids is 2. The number of sulfonamides is 1. The molecule has 0 aliphatic rings. The quantitative estimate of drug-likeness (QED) is 0.600. The summed E-state index contributed by atoms with van der Waals surface area (Å²) in [6, 6.07) is 9.00. The molecule has 26 heavy (non-hydrogen) atoms. The highest BCUT2D eigenvalue weighted by atomic mass is 35.5. The highest BCUT2D eigenvalue weighted by Gasteiger charge is 2.20. The second-order valence-corrected chi connectivity index (χ2v) is 7.96. The van der Waals surface area contributed by atoms with Crippen molar-refractivity contribution in [2.75, 3.05) is 13.7 Å². The van der Waals surface area contributed by atoms with Crippen molar-refractivity contribution in [3.63, 3.8) is 0 Å². The third-order valence-electron chi connectivity index (χ3n) is 3.75. The minimum Gasteiger partial charge on any atom is -0.454 e. The number of carbonyl (C=O) groups is 2. The van der Waals surface area contributed by atoms with Gasteiger partial charge in [-0.1, -0.05) is 35.4 Å².